The van der Waals surface area contributed by atoms with Crippen molar-refractivity contribution >= 4 is 0 Å². The van der Waals surface area contributed by atoms with Crippen LogP contribution in [-0.4, -0.2) is 27.4 Å². The maximum Gasteiger partial charge on any atom is 0.330 e. The molecule has 0 radical (unpaired) electrons. The summed E-state index contributed by atoms with van der Waals surface area (Å²) in [5.74, 6) is 0. The number of aryl methyl sites for hydroxylation is 1. The van der Waals surface area contributed by atoms with Gasteiger partial charge in [0, 0.05) is 11.8 Å². The predicted octanol–water partition coefficient (Wildman–Crippen LogP) is 0.0931. The summed E-state index contributed by atoms with van der Waals surface area (Å²) in [5.41, 5.74) is -0.491. The van der Waals surface area contributed by atoms with Crippen molar-refractivity contribution in [3.8, 4) is 0 Å². The van der Waals surface area contributed by atoms with Gasteiger partial charge in [-0.15, -0.1) is 13.2 Å². The lowest BCUT2D eigenvalue weighted by Crippen LogP contribution is -2.33. The van der Waals surface area contributed by atoms with E-state index in [0.29, 0.717) is 5.56 Å². The molecule has 0 bridgehead atoms. The van der Waals surface area contributed by atoms with E-state index in [0.717, 1.165) is 0 Å². The number of aliphatic hydroxyl groups is 1. The Morgan fingerprint density at radius 1 is 1.44 bits per heavy atom. The van der Waals surface area contributed by atoms with Crippen LogP contribution in [0.15, 0.2) is 41.1 Å². The van der Waals surface area contributed by atoms with Crippen molar-refractivity contribution < 1.29 is 9.84 Å². The largest absolute Gasteiger partial charge is 0.393 e. The number of H-pyrrole nitrogens is 1. The molecule has 18 heavy (non-hydrogen) atoms. The summed E-state index contributed by atoms with van der Waals surface area (Å²) in [5, 5.41) is 8.88. The Bertz CT molecular complexity index is 544. The van der Waals surface area contributed by atoms with Crippen LogP contribution in [0.25, 0.3) is 0 Å². The highest BCUT2D eigenvalue weighted by Crippen LogP contribution is 2.18. The number of aliphatic hydroxyl groups excluding tert-OH is 1. The van der Waals surface area contributed by atoms with Gasteiger partial charge in [-0.3, -0.25) is 14.3 Å². The fourth-order valence-corrected chi connectivity index (χ4v) is 1.53. The monoisotopic (exact) mass is 252 g/mol. The first-order valence-electron chi connectivity index (χ1n) is 5.38. The molecule has 6 nitrogen and oxygen atoms in total. The molecule has 2 unspecified atom stereocenters. The van der Waals surface area contributed by atoms with Gasteiger partial charge in [-0.2, -0.15) is 0 Å². The van der Waals surface area contributed by atoms with E-state index in [1.807, 2.05) is 0 Å². The van der Waals surface area contributed by atoms with Crippen molar-refractivity contribution in [2.45, 2.75) is 19.3 Å². The topological polar surface area (TPSA) is 84.3 Å². The van der Waals surface area contributed by atoms with Crippen LogP contribution < -0.4 is 11.2 Å². The third-order valence-corrected chi connectivity index (χ3v) is 2.40. The SMILES string of the molecule is C=C.Cc1cn(C2C=CC(CO)O2)c(=O)[nH]c1=O. The summed E-state index contributed by atoms with van der Waals surface area (Å²) in [6.07, 6.45) is 3.82. The highest BCUT2D eigenvalue weighted by Gasteiger charge is 2.20. The molecule has 1 aliphatic rings. The Hall–Kier alpha value is -1.92. The molecule has 0 aliphatic carbocycles. The third-order valence-electron chi connectivity index (χ3n) is 2.40. The number of aromatic amines is 1. The van der Waals surface area contributed by atoms with E-state index in [4.69, 9.17) is 9.84 Å². The first kappa shape index (κ1) is 14.1. The molecule has 0 fully saturated rings. The first-order chi connectivity index (χ1) is 8.61. The number of hydrogen-bond acceptors (Lipinski definition) is 4. The average molecular weight is 252 g/mol. The minimum atomic E-state index is -0.569. The van der Waals surface area contributed by atoms with Crippen molar-refractivity contribution in [2.24, 2.45) is 0 Å². The molecule has 0 spiro atoms. The fraction of sp³-hybridized carbons (Fsp3) is 0.333. The zero-order valence-corrected chi connectivity index (χ0v) is 10.1. The van der Waals surface area contributed by atoms with Gasteiger partial charge >= 0.3 is 5.69 Å². The second kappa shape index (κ2) is 6.13. The molecule has 2 N–H and O–H groups in total. The van der Waals surface area contributed by atoms with Crippen LogP contribution >= 0.6 is 0 Å². The quantitative estimate of drug-likeness (QED) is 0.731. The van der Waals surface area contributed by atoms with Gasteiger partial charge in [0.25, 0.3) is 5.56 Å². The van der Waals surface area contributed by atoms with E-state index in [1.54, 1.807) is 19.1 Å². The van der Waals surface area contributed by atoms with E-state index < -0.39 is 23.6 Å². The van der Waals surface area contributed by atoms with Gasteiger partial charge in [0.2, 0.25) is 0 Å². The highest BCUT2D eigenvalue weighted by atomic mass is 16.5. The summed E-state index contributed by atoms with van der Waals surface area (Å²) in [7, 11) is 0. The summed E-state index contributed by atoms with van der Waals surface area (Å²) < 4.78 is 6.63. The number of aromatic nitrogens is 2. The zero-order chi connectivity index (χ0) is 13.7. The average Bonchev–Trinajstić information content (AvgIpc) is 2.85. The molecule has 0 saturated heterocycles. The Labute approximate surface area is 104 Å². The molecule has 2 heterocycles. The van der Waals surface area contributed by atoms with E-state index in [-0.39, 0.29) is 6.61 Å². The molecule has 0 aromatic carbocycles. The molecule has 0 saturated carbocycles. The number of nitrogens with one attached hydrogen (secondary N) is 1. The van der Waals surface area contributed by atoms with Crippen LogP contribution in [0.4, 0.5) is 0 Å². The van der Waals surface area contributed by atoms with Gasteiger partial charge in [-0.25, -0.2) is 4.79 Å². The zero-order valence-electron chi connectivity index (χ0n) is 10.1. The van der Waals surface area contributed by atoms with Crippen molar-refractivity contribution in [1.29, 1.82) is 0 Å². The predicted molar refractivity (Wildman–Crippen MR) is 67.4 cm³/mol. The molecule has 1 aromatic rings. The molecule has 1 aromatic heterocycles. The first-order valence-corrected chi connectivity index (χ1v) is 5.38. The second-order valence-corrected chi connectivity index (χ2v) is 3.61. The van der Waals surface area contributed by atoms with Gasteiger partial charge in [-0.05, 0) is 13.0 Å². The van der Waals surface area contributed by atoms with E-state index in [9.17, 15) is 9.59 Å². The standard InChI is InChI=1S/C10H12N2O4.C2H4/c1-6-4-12(10(15)11-9(6)14)8-3-2-7(5-13)16-8;1-2/h2-4,7-8,13H,5H2,1H3,(H,11,14,15);1-2H2. The smallest absolute Gasteiger partial charge is 0.330 e. The fourth-order valence-electron chi connectivity index (χ4n) is 1.53. The van der Waals surface area contributed by atoms with Gasteiger partial charge < -0.3 is 9.84 Å². The van der Waals surface area contributed by atoms with Gasteiger partial charge in [0.05, 0.1) is 6.61 Å². The van der Waals surface area contributed by atoms with Crippen molar-refractivity contribution in [3.63, 3.8) is 0 Å². The maximum atomic E-state index is 11.5. The maximum absolute atomic E-state index is 11.5. The molecule has 2 rings (SSSR count). The third kappa shape index (κ3) is 2.85. The van der Waals surface area contributed by atoms with Crippen molar-refractivity contribution in [3.05, 3.63) is 57.9 Å². The van der Waals surface area contributed by atoms with E-state index in [2.05, 4.69) is 18.1 Å². The summed E-state index contributed by atoms with van der Waals surface area (Å²) in [4.78, 5) is 24.9. The lowest BCUT2D eigenvalue weighted by atomic mass is 10.3. The molecule has 1 aliphatic heterocycles. The Morgan fingerprint density at radius 2 is 2.11 bits per heavy atom. The lowest BCUT2D eigenvalue weighted by molar-refractivity contribution is -0.0104. The van der Waals surface area contributed by atoms with E-state index in [1.165, 1.54) is 10.8 Å². The van der Waals surface area contributed by atoms with Gasteiger partial charge in [0.1, 0.15) is 6.10 Å². The van der Waals surface area contributed by atoms with Crippen LogP contribution in [0.1, 0.15) is 11.8 Å². The number of ether oxygens (including phenoxy) is 1. The van der Waals surface area contributed by atoms with Gasteiger partial charge in [-0.1, -0.05) is 6.08 Å². The van der Waals surface area contributed by atoms with Crippen LogP contribution in [0.5, 0.6) is 0 Å². The molecular formula is C12H16N2O4. The molecule has 6 heteroatoms. The summed E-state index contributed by atoms with van der Waals surface area (Å²) >= 11 is 0. The van der Waals surface area contributed by atoms with Crippen LogP contribution in [-0.2, 0) is 4.74 Å². The molecular weight excluding hydrogens is 236 g/mol. The Morgan fingerprint density at radius 3 is 2.67 bits per heavy atom. The van der Waals surface area contributed by atoms with Gasteiger partial charge in [0.15, 0.2) is 6.23 Å². The van der Waals surface area contributed by atoms with Crippen molar-refractivity contribution in [2.75, 3.05) is 6.61 Å². The lowest BCUT2D eigenvalue weighted by Gasteiger charge is -2.14. The molecule has 2 atom stereocenters. The second-order valence-electron chi connectivity index (χ2n) is 3.61. The highest BCUT2D eigenvalue weighted by molar-refractivity contribution is 5.06. The van der Waals surface area contributed by atoms with Crippen LogP contribution in [0, 0.1) is 6.92 Å². The molecule has 98 valence electrons. The van der Waals surface area contributed by atoms with E-state index >= 15 is 0 Å². The van der Waals surface area contributed by atoms with Crippen LogP contribution in [0.3, 0.4) is 0 Å². The summed E-state index contributed by atoms with van der Waals surface area (Å²) in [6.45, 7) is 7.47. The Kier molecular flexibility index (Phi) is 4.82. The Balaban J connectivity index is 0.000000771. The normalized spacial score (nSPS) is 21.4. The number of rotatable bonds is 2. The number of hydrogen-bond donors (Lipinski definition) is 2. The number of nitrogens with zero attached hydrogens (tertiary/aromatic N) is 1. The van der Waals surface area contributed by atoms with Crippen molar-refractivity contribution in [1.82, 2.24) is 9.55 Å². The van der Waals surface area contributed by atoms with Crippen LogP contribution in [0.2, 0.25) is 0 Å². The summed E-state index contributed by atoms with van der Waals surface area (Å²) in [6, 6.07) is 0. The minimum absolute atomic E-state index is 0.135. The minimum Gasteiger partial charge on any atom is -0.393 e. The molecule has 0 amide bonds.